The van der Waals surface area contributed by atoms with Gasteiger partial charge in [-0.2, -0.15) is 0 Å². The molecule has 3 heterocycles. The first-order valence-corrected chi connectivity index (χ1v) is 9.75. The number of likely N-dealkylation sites (N-methyl/N-ethyl adjacent to an activating group) is 2. The average Bonchev–Trinajstić information content (AvgIpc) is 3.09. The SMILES string of the molecule is CCOC(=O)N1CCN(CC2=[N+](CC(=O)OC)C3C(=O)N(C)C(=O)N(C)C3=N2)CC1. The summed E-state index contributed by atoms with van der Waals surface area (Å²) in [7, 11) is 4.23. The third kappa shape index (κ3) is 3.99. The zero-order valence-corrected chi connectivity index (χ0v) is 17.7. The maximum atomic E-state index is 12.8. The molecule has 3 aliphatic rings. The van der Waals surface area contributed by atoms with E-state index < -0.39 is 23.9 Å². The van der Waals surface area contributed by atoms with Crippen LogP contribution >= 0.6 is 0 Å². The molecule has 0 radical (unpaired) electrons. The van der Waals surface area contributed by atoms with Gasteiger partial charge in [0, 0.05) is 40.3 Å². The van der Waals surface area contributed by atoms with Crippen LogP contribution in [0.5, 0.6) is 0 Å². The Morgan fingerprint density at radius 2 is 1.80 bits per heavy atom. The lowest BCUT2D eigenvalue weighted by Gasteiger charge is -2.33. The normalized spacial score (nSPS) is 22.3. The minimum Gasteiger partial charge on any atom is -0.466 e. The molecule has 0 aromatic rings. The maximum Gasteiger partial charge on any atom is 0.409 e. The molecular weight excluding hydrogens is 396 g/mol. The van der Waals surface area contributed by atoms with Gasteiger partial charge in [0.25, 0.3) is 17.8 Å². The fourth-order valence-electron chi connectivity index (χ4n) is 3.66. The fraction of sp³-hybridized carbons (Fsp3) is 0.667. The van der Waals surface area contributed by atoms with Crippen LogP contribution in [0, 0.1) is 0 Å². The predicted molar refractivity (Wildman–Crippen MR) is 104 cm³/mol. The lowest BCUT2D eigenvalue weighted by atomic mass is 10.1. The summed E-state index contributed by atoms with van der Waals surface area (Å²) in [6, 6.07) is -1.33. The van der Waals surface area contributed by atoms with Gasteiger partial charge in [0.15, 0.2) is 6.54 Å². The highest BCUT2D eigenvalue weighted by molar-refractivity contribution is 6.23. The van der Waals surface area contributed by atoms with Crippen LogP contribution in [-0.4, -0.2) is 133 Å². The Bertz CT molecular complexity index is 816. The van der Waals surface area contributed by atoms with Crippen molar-refractivity contribution in [2.75, 3.05) is 67.1 Å². The number of imide groups is 1. The van der Waals surface area contributed by atoms with Crippen molar-refractivity contribution < 1.29 is 33.2 Å². The van der Waals surface area contributed by atoms with Gasteiger partial charge in [-0.15, -0.1) is 0 Å². The first-order chi connectivity index (χ1) is 14.3. The number of amidine groups is 2. The molecule has 12 heteroatoms. The molecule has 4 amide bonds. The van der Waals surface area contributed by atoms with Crippen molar-refractivity contribution in [1.29, 1.82) is 0 Å². The number of carbonyl (C=O) groups excluding carboxylic acids is 4. The van der Waals surface area contributed by atoms with Crippen molar-refractivity contribution in [1.82, 2.24) is 19.6 Å². The average molecular weight is 423 g/mol. The van der Waals surface area contributed by atoms with Gasteiger partial charge in [0.2, 0.25) is 0 Å². The van der Waals surface area contributed by atoms with Gasteiger partial charge in [-0.3, -0.25) is 19.5 Å². The third-order valence-electron chi connectivity index (χ3n) is 5.40. The Balaban J connectivity index is 1.79. The van der Waals surface area contributed by atoms with E-state index in [1.165, 1.54) is 19.1 Å². The van der Waals surface area contributed by atoms with Gasteiger partial charge >= 0.3 is 23.9 Å². The van der Waals surface area contributed by atoms with Crippen LogP contribution in [-0.2, 0) is 19.1 Å². The van der Waals surface area contributed by atoms with Gasteiger partial charge in [-0.1, -0.05) is 0 Å². The molecule has 0 aliphatic carbocycles. The van der Waals surface area contributed by atoms with Gasteiger partial charge in [0.05, 0.1) is 13.7 Å². The number of hydrogen-bond acceptors (Lipinski definition) is 8. The smallest absolute Gasteiger partial charge is 0.409 e. The van der Waals surface area contributed by atoms with E-state index in [1.807, 2.05) is 0 Å². The van der Waals surface area contributed by atoms with E-state index in [0.717, 1.165) is 4.90 Å². The number of piperazine rings is 1. The number of methoxy groups -OCH3 is 1. The monoisotopic (exact) mass is 423 g/mol. The zero-order chi connectivity index (χ0) is 22.0. The zero-order valence-electron chi connectivity index (χ0n) is 17.7. The summed E-state index contributed by atoms with van der Waals surface area (Å²) < 4.78 is 11.4. The largest absolute Gasteiger partial charge is 0.466 e. The van der Waals surface area contributed by atoms with E-state index in [0.29, 0.717) is 51.0 Å². The van der Waals surface area contributed by atoms with E-state index in [2.05, 4.69) is 9.89 Å². The molecule has 0 aromatic carbocycles. The first-order valence-electron chi connectivity index (χ1n) is 9.75. The number of rotatable bonds is 5. The molecular formula is C18H27N6O6+. The van der Waals surface area contributed by atoms with E-state index >= 15 is 0 Å². The summed E-state index contributed by atoms with van der Waals surface area (Å²) >= 11 is 0. The molecule has 1 unspecified atom stereocenters. The Kier molecular flexibility index (Phi) is 6.34. The van der Waals surface area contributed by atoms with Crippen LogP contribution in [0.25, 0.3) is 0 Å². The summed E-state index contributed by atoms with van der Waals surface area (Å²) in [5.74, 6) is -0.144. The van der Waals surface area contributed by atoms with Gasteiger partial charge in [-0.25, -0.2) is 19.0 Å². The summed E-state index contributed by atoms with van der Waals surface area (Å²) in [6.07, 6.45) is -0.335. The number of urea groups is 1. The molecule has 12 nitrogen and oxygen atoms in total. The number of nitrogens with zero attached hydrogens (tertiary/aromatic N) is 6. The van der Waals surface area contributed by atoms with Crippen LogP contribution in [0.15, 0.2) is 4.99 Å². The van der Waals surface area contributed by atoms with E-state index in [1.54, 1.807) is 23.4 Å². The molecule has 0 spiro atoms. The molecule has 0 aromatic heterocycles. The lowest BCUT2D eigenvalue weighted by molar-refractivity contribution is -0.527. The summed E-state index contributed by atoms with van der Waals surface area (Å²) in [5.41, 5.74) is 0. The van der Waals surface area contributed by atoms with Crippen LogP contribution in [0.2, 0.25) is 0 Å². The molecule has 0 bridgehead atoms. The van der Waals surface area contributed by atoms with Crippen LogP contribution in [0.1, 0.15) is 6.92 Å². The lowest BCUT2D eigenvalue weighted by Crippen LogP contribution is -2.62. The highest BCUT2D eigenvalue weighted by atomic mass is 16.6. The topological polar surface area (TPSA) is 115 Å². The van der Waals surface area contributed by atoms with Crippen LogP contribution in [0.4, 0.5) is 9.59 Å². The third-order valence-corrected chi connectivity index (χ3v) is 5.40. The molecule has 164 valence electrons. The van der Waals surface area contributed by atoms with Gasteiger partial charge < -0.3 is 14.4 Å². The summed E-state index contributed by atoms with van der Waals surface area (Å²) in [4.78, 5) is 59.5. The fourth-order valence-corrected chi connectivity index (χ4v) is 3.66. The second kappa shape index (κ2) is 8.78. The molecule has 30 heavy (non-hydrogen) atoms. The van der Waals surface area contributed by atoms with Crippen molar-refractivity contribution in [2.24, 2.45) is 4.99 Å². The number of hydrogen-bond donors (Lipinski definition) is 0. The maximum absolute atomic E-state index is 12.8. The second-order valence-corrected chi connectivity index (χ2v) is 7.19. The summed E-state index contributed by atoms with van der Waals surface area (Å²) in [5, 5.41) is 0. The van der Waals surface area contributed by atoms with E-state index in [4.69, 9.17) is 9.47 Å². The molecule has 0 saturated carbocycles. The van der Waals surface area contributed by atoms with Crippen molar-refractivity contribution in [3.05, 3.63) is 0 Å². The van der Waals surface area contributed by atoms with Crippen molar-refractivity contribution in [2.45, 2.75) is 13.0 Å². The minimum absolute atomic E-state index is 0.159. The molecule has 0 N–H and O–H groups in total. The standard InChI is InChI=1S/C18H27N6O6/c1-5-30-18(28)23-8-6-22(7-9-23)10-12-19-15-14(24(12)11-13(25)29-4)16(26)21(3)17(27)20(15)2/h14H,5-11H2,1-4H3/q+1. The number of amides is 4. The predicted octanol–water partition coefficient (Wildman–Crippen LogP) is -1.35. The number of fused-ring (bicyclic) bond motifs is 1. The number of ether oxygens (including phenoxy) is 2. The second-order valence-electron chi connectivity index (χ2n) is 7.19. The Morgan fingerprint density at radius 1 is 1.13 bits per heavy atom. The van der Waals surface area contributed by atoms with Crippen molar-refractivity contribution in [3.63, 3.8) is 0 Å². The highest BCUT2D eigenvalue weighted by Crippen LogP contribution is 2.19. The number of esters is 1. The van der Waals surface area contributed by atoms with Crippen LogP contribution < -0.4 is 0 Å². The Morgan fingerprint density at radius 3 is 2.40 bits per heavy atom. The minimum atomic E-state index is -0.854. The number of carbonyl (C=O) groups is 4. The van der Waals surface area contributed by atoms with Crippen LogP contribution in [0.3, 0.4) is 0 Å². The van der Waals surface area contributed by atoms with Crippen molar-refractivity contribution >= 4 is 35.7 Å². The van der Waals surface area contributed by atoms with Gasteiger partial charge in [0.1, 0.15) is 6.54 Å². The number of aliphatic imine (C=N–C) groups is 1. The van der Waals surface area contributed by atoms with E-state index in [9.17, 15) is 19.2 Å². The molecule has 3 aliphatic heterocycles. The first kappa shape index (κ1) is 21.7. The van der Waals surface area contributed by atoms with Gasteiger partial charge in [-0.05, 0) is 11.9 Å². The van der Waals surface area contributed by atoms with Crippen molar-refractivity contribution in [3.8, 4) is 0 Å². The summed E-state index contributed by atoms with van der Waals surface area (Å²) in [6.45, 7) is 4.49. The Hall–Kier alpha value is -3.02. The molecule has 2 saturated heterocycles. The molecule has 3 rings (SSSR count). The Labute approximate surface area is 174 Å². The quantitative estimate of drug-likeness (QED) is 0.397. The molecule has 1 atom stereocenters. The highest BCUT2D eigenvalue weighted by Gasteiger charge is 2.53. The van der Waals surface area contributed by atoms with E-state index in [-0.39, 0.29) is 12.6 Å². The molecule has 2 fully saturated rings.